The first-order chi connectivity index (χ1) is 9.71. The van der Waals surface area contributed by atoms with Crippen LogP contribution in [0, 0.1) is 11.8 Å². The summed E-state index contributed by atoms with van der Waals surface area (Å²) in [5.74, 6) is 0.582. The number of benzene rings is 1. The van der Waals surface area contributed by atoms with Gasteiger partial charge in [-0.15, -0.1) is 10.2 Å². The van der Waals surface area contributed by atoms with Gasteiger partial charge < -0.3 is 4.42 Å². The zero-order chi connectivity index (χ0) is 15.7. The summed E-state index contributed by atoms with van der Waals surface area (Å²) in [6, 6.07) is 4.65. The predicted octanol–water partition coefficient (Wildman–Crippen LogP) is 4.74. The molecule has 0 aliphatic rings. The first-order valence-corrected chi connectivity index (χ1v) is 6.58. The summed E-state index contributed by atoms with van der Waals surface area (Å²) in [7, 11) is 0. The molecule has 1 aromatic heterocycles. The molecular formula is C15H16F3N2O. The molecular weight excluding hydrogens is 281 g/mol. The Morgan fingerprint density at radius 2 is 1.71 bits per heavy atom. The van der Waals surface area contributed by atoms with E-state index in [0.717, 1.165) is 18.6 Å². The van der Waals surface area contributed by atoms with Crippen LogP contribution >= 0.6 is 0 Å². The first kappa shape index (κ1) is 15.5. The van der Waals surface area contributed by atoms with Crippen molar-refractivity contribution in [1.82, 2.24) is 10.2 Å². The average molecular weight is 297 g/mol. The van der Waals surface area contributed by atoms with Gasteiger partial charge in [0.05, 0.1) is 12.0 Å². The topological polar surface area (TPSA) is 38.9 Å². The third-order valence-electron chi connectivity index (χ3n) is 3.33. The monoisotopic (exact) mass is 297 g/mol. The largest absolute Gasteiger partial charge is 0.420 e. The molecule has 21 heavy (non-hydrogen) atoms. The van der Waals surface area contributed by atoms with Gasteiger partial charge in [0.1, 0.15) is 0 Å². The van der Waals surface area contributed by atoms with Crippen molar-refractivity contribution >= 4 is 0 Å². The molecule has 0 unspecified atom stereocenters. The number of hydrogen-bond donors (Lipinski definition) is 0. The van der Waals surface area contributed by atoms with Gasteiger partial charge in [0, 0.05) is 5.56 Å². The van der Waals surface area contributed by atoms with Crippen molar-refractivity contribution in [3.05, 3.63) is 42.1 Å². The highest BCUT2D eigenvalue weighted by Gasteiger charge is 2.30. The third-order valence-corrected chi connectivity index (χ3v) is 3.33. The number of nitrogens with zero attached hydrogens (tertiary/aromatic N) is 2. The van der Waals surface area contributed by atoms with Crippen LogP contribution in [-0.2, 0) is 6.18 Å². The lowest BCUT2D eigenvalue weighted by molar-refractivity contribution is -0.137. The van der Waals surface area contributed by atoms with Crippen molar-refractivity contribution in [2.45, 2.75) is 33.4 Å². The maximum Gasteiger partial charge on any atom is 0.416 e. The Labute approximate surface area is 121 Å². The Morgan fingerprint density at radius 1 is 1.10 bits per heavy atom. The quantitative estimate of drug-likeness (QED) is 0.818. The molecule has 1 aromatic carbocycles. The smallest absolute Gasteiger partial charge is 0.416 e. The van der Waals surface area contributed by atoms with Crippen LogP contribution in [0.3, 0.4) is 0 Å². The van der Waals surface area contributed by atoms with Crippen molar-refractivity contribution in [1.29, 1.82) is 0 Å². The maximum absolute atomic E-state index is 12.5. The first-order valence-electron chi connectivity index (χ1n) is 6.58. The molecule has 1 radical (unpaired) electrons. The Balaban J connectivity index is 2.18. The summed E-state index contributed by atoms with van der Waals surface area (Å²) in [6.07, 6.45) is -1.59. The highest BCUT2D eigenvalue weighted by Crippen LogP contribution is 2.31. The number of hydrogen-bond acceptors (Lipinski definition) is 3. The molecule has 0 aliphatic heterocycles. The minimum atomic E-state index is -4.35. The molecule has 1 heterocycles. The van der Waals surface area contributed by atoms with Crippen molar-refractivity contribution in [3.63, 3.8) is 0 Å². The van der Waals surface area contributed by atoms with Gasteiger partial charge in [-0.1, -0.05) is 27.2 Å². The summed E-state index contributed by atoms with van der Waals surface area (Å²) in [5.41, 5.74) is -0.321. The van der Waals surface area contributed by atoms with E-state index in [4.69, 9.17) is 4.42 Å². The molecule has 0 amide bonds. The van der Waals surface area contributed by atoms with Gasteiger partial charge in [-0.2, -0.15) is 13.2 Å². The average Bonchev–Trinajstić information content (AvgIpc) is 2.86. The fourth-order valence-corrected chi connectivity index (χ4v) is 1.65. The number of rotatable bonds is 4. The van der Waals surface area contributed by atoms with Crippen LogP contribution in [0.1, 0.15) is 38.6 Å². The van der Waals surface area contributed by atoms with Gasteiger partial charge in [-0.05, 0) is 29.7 Å². The predicted molar refractivity (Wildman–Crippen MR) is 72.2 cm³/mol. The van der Waals surface area contributed by atoms with Crippen molar-refractivity contribution in [2.24, 2.45) is 5.41 Å². The van der Waals surface area contributed by atoms with Crippen LogP contribution in [0.2, 0.25) is 0 Å². The number of aromatic nitrogens is 2. The minimum Gasteiger partial charge on any atom is -0.420 e. The van der Waals surface area contributed by atoms with E-state index in [1.807, 2.05) is 27.2 Å². The summed E-state index contributed by atoms with van der Waals surface area (Å²) in [4.78, 5) is 0. The summed E-state index contributed by atoms with van der Waals surface area (Å²) < 4.78 is 43.0. The van der Waals surface area contributed by atoms with Crippen LogP contribution < -0.4 is 0 Å². The molecule has 0 fully saturated rings. The normalized spacial score (nSPS) is 12.7. The maximum atomic E-state index is 12.5. The zero-order valence-corrected chi connectivity index (χ0v) is 12.0. The van der Waals surface area contributed by atoms with Gasteiger partial charge in [0.15, 0.2) is 0 Å². The van der Waals surface area contributed by atoms with Crippen LogP contribution in [0.15, 0.2) is 28.7 Å². The second-order valence-electron chi connectivity index (χ2n) is 5.51. The van der Waals surface area contributed by atoms with Crippen LogP contribution in [0.5, 0.6) is 0 Å². The standard InChI is InChI=1S/C15H16F3N2O/c1-4-14(2,3)9-12-19-20-13(21-12)10-5-7-11(8-6-10)15(16,17)18/h5-9H,4H2,1-3H3. The fourth-order valence-electron chi connectivity index (χ4n) is 1.65. The van der Waals surface area contributed by atoms with E-state index in [2.05, 4.69) is 10.2 Å². The van der Waals surface area contributed by atoms with Gasteiger partial charge in [-0.3, -0.25) is 0 Å². The molecule has 0 saturated heterocycles. The molecule has 0 spiro atoms. The van der Waals surface area contributed by atoms with Crippen molar-refractivity contribution < 1.29 is 17.6 Å². The van der Waals surface area contributed by atoms with Crippen LogP contribution in [0.4, 0.5) is 13.2 Å². The lowest BCUT2D eigenvalue weighted by Gasteiger charge is -2.18. The van der Waals surface area contributed by atoms with Gasteiger partial charge in [-0.25, -0.2) is 0 Å². The molecule has 0 saturated carbocycles. The molecule has 2 aromatic rings. The molecule has 0 bridgehead atoms. The number of alkyl halides is 3. The van der Waals surface area contributed by atoms with E-state index < -0.39 is 11.7 Å². The summed E-state index contributed by atoms with van der Waals surface area (Å²) in [6.45, 7) is 6.12. The SMILES string of the molecule is CCC(C)(C)[CH]c1nnc(-c2ccc(C(F)(F)F)cc2)o1. The van der Waals surface area contributed by atoms with Crippen LogP contribution in [-0.4, -0.2) is 10.2 Å². The van der Waals surface area contributed by atoms with Crippen molar-refractivity contribution in [2.75, 3.05) is 0 Å². The number of halogens is 3. The van der Waals surface area contributed by atoms with E-state index in [1.165, 1.54) is 12.1 Å². The van der Waals surface area contributed by atoms with Crippen LogP contribution in [0.25, 0.3) is 11.5 Å². The molecule has 2 rings (SSSR count). The second-order valence-corrected chi connectivity index (χ2v) is 5.51. The van der Waals surface area contributed by atoms with Crippen molar-refractivity contribution in [3.8, 4) is 11.5 Å². The second kappa shape index (κ2) is 5.50. The van der Waals surface area contributed by atoms with E-state index in [9.17, 15) is 13.2 Å². The van der Waals surface area contributed by atoms with Gasteiger partial charge in [0.25, 0.3) is 0 Å². The zero-order valence-electron chi connectivity index (χ0n) is 12.0. The fraction of sp³-hybridized carbons (Fsp3) is 0.400. The van der Waals surface area contributed by atoms with E-state index in [1.54, 1.807) is 0 Å². The molecule has 0 N–H and O–H groups in total. The van der Waals surface area contributed by atoms with E-state index in [-0.39, 0.29) is 11.3 Å². The van der Waals surface area contributed by atoms with Gasteiger partial charge in [0.2, 0.25) is 11.8 Å². The summed E-state index contributed by atoms with van der Waals surface area (Å²) >= 11 is 0. The minimum absolute atomic E-state index is 0.0794. The highest BCUT2D eigenvalue weighted by atomic mass is 19.4. The molecule has 0 aliphatic carbocycles. The van der Waals surface area contributed by atoms with E-state index in [0.29, 0.717) is 11.5 Å². The molecule has 113 valence electrons. The molecule has 6 heteroatoms. The van der Waals surface area contributed by atoms with E-state index >= 15 is 0 Å². The Morgan fingerprint density at radius 3 is 2.24 bits per heavy atom. The Bertz CT molecular complexity index is 600. The third kappa shape index (κ3) is 3.83. The molecule has 3 nitrogen and oxygen atoms in total. The molecule has 0 atom stereocenters. The highest BCUT2D eigenvalue weighted by molar-refractivity contribution is 5.53. The lowest BCUT2D eigenvalue weighted by Crippen LogP contribution is -2.10. The Hall–Kier alpha value is -1.85. The van der Waals surface area contributed by atoms with Gasteiger partial charge >= 0.3 is 6.18 Å². The Kier molecular flexibility index (Phi) is 4.07. The summed E-state index contributed by atoms with van der Waals surface area (Å²) in [5, 5.41) is 7.77. The lowest BCUT2D eigenvalue weighted by atomic mass is 9.87.